The van der Waals surface area contributed by atoms with Crippen molar-refractivity contribution in [2.45, 2.75) is 32.0 Å². The normalized spacial score (nSPS) is 23.2. The van der Waals surface area contributed by atoms with Crippen LogP contribution in [0.3, 0.4) is 0 Å². The van der Waals surface area contributed by atoms with E-state index in [1.807, 2.05) is 0 Å². The van der Waals surface area contributed by atoms with Gasteiger partial charge in [-0.3, -0.25) is 4.90 Å². The second kappa shape index (κ2) is 5.32. The second-order valence-corrected chi connectivity index (χ2v) is 4.16. The molecule has 5 heteroatoms. The zero-order chi connectivity index (χ0) is 12.2. The first-order valence-electron chi connectivity index (χ1n) is 5.34. The maximum absolute atomic E-state index is 11.8. The van der Waals surface area contributed by atoms with Crippen LogP contribution in [0.4, 0.5) is 4.79 Å². The van der Waals surface area contributed by atoms with Crippen molar-refractivity contribution < 1.29 is 19.4 Å². The molecule has 0 unspecified atom stereocenters. The highest BCUT2D eigenvalue weighted by Crippen LogP contribution is 2.29. The second-order valence-electron chi connectivity index (χ2n) is 4.16. The molecule has 0 spiro atoms. The van der Waals surface area contributed by atoms with Crippen molar-refractivity contribution in [3.63, 3.8) is 0 Å². The fourth-order valence-corrected chi connectivity index (χ4v) is 1.81. The van der Waals surface area contributed by atoms with E-state index in [4.69, 9.17) is 14.6 Å². The van der Waals surface area contributed by atoms with Crippen LogP contribution in [0, 0.1) is 0 Å². The van der Waals surface area contributed by atoms with Gasteiger partial charge in [0, 0.05) is 6.61 Å². The highest BCUT2D eigenvalue weighted by atomic mass is 16.6. The average Bonchev–Trinajstić information content (AvgIpc) is 2.51. The number of aliphatic hydroxyl groups excluding tert-OH is 1. The number of nitrogens with zero attached hydrogens (tertiary/aromatic N) is 1. The molecule has 0 radical (unpaired) electrons. The van der Waals surface area contributed by atoms with Gasteiger partial charge in [0.2, 0.25) is 0 Å². The van der Waals surface area contributed by atoms with E-state index in [1.54, 1.807) is 13.8 Å². The Hall–Kier alpha value is -1.07. The van der Waals surface area contributed by atoms with E-state index >= 15 is 0 Å². The van der Waals surface area contributed by atoms with Crippen LogP contribution in [0.15, 0.2) is 12.7 Å². The molecule has 1 saturated heterocycles. The SMILES string of the molecule is C=CCOC(=O)N1[C@H](CCO)COC1(C)C. The molecule has 16 heavy (non-hydrogen) atoms. The summed E-state index contributed by atoms with van der Waals surface area (Å²) >= 11 is 0. The van der Waals surface area contributed by atoms with Crippen LogP contribution in [0.5, 0.6) is 0 Å². The number of rotatable bonds is 4. The molecule has 1 amide bonds. The van der Waals surface area contributed by atoms with Crippen LogP contribution < -0.4 is 0 Å². The molecule has 1 aliphatic heterocycles. The molecule has 0 aromatic heterocycles. The standard InChI is InChI=1S/C11H19NO4/c1-4-7-15-10(14)12-9(5-6-13)8-16-11(12,2)3/h4,9,13H,1,5-8H2,2-3H3/t9-/m1/s1. The lowest BCUT2D eigenvalue weighted by atomic mass is 10.2. The van der Waals surface area contributed by atoms with Crippen LogP contribution in [0.2, 0.25) is 0 Å². The van der Waals surface area contributed by atoms with Gasteiger partial charge in [-0.25, -0.2) is 4.79 Å². The van der Waals surface area contributed by atoms with Crippen molar-refractivity contribution >= 4 is 6.09 Å². The fraction of sp³-hybridized carbons (Fsp3) is 0.727. The summed E-state index contributed by atoms with van der Waals surface area (Å²) in [4.78, 5) is 13.3. The van der Waals surface area contributed by atoms with Gasteiger partial charge >= 0.3 is 6.09 Å². The third kappa shape index (κ3) is 2.74. The van der Waals surface area contributed by atoms with Crippen molar-refractivity contribution in [2.24, 2.45) is 0 Å². The molecule has 1 rings (SSSR count). The summed E-state index contributed by atoms with van der Waals surface area (Å²) in [7, 11) is 0. The molecule has 1 atom stereocenters. The van der Waals surface area contributed by atoms with E-state index in [9.17, 15) is 4.79 Å². The first-order valence-corrected chi connectivity index (χ1v) is 5.34. The summed E-state index contributed by atoms with van der Waals surface area (Å²) in [6.45, 7) is 7.72. The molecule has 1 aliphatic rings. The van der Waals surface area contributed by atoms with E-state index in [1.165, 1.54) is 11.0 Å². The van der Waals surface area contributed by atoms with E-state index in [0.29, 0.717) is 13.0 Å². The van der Waals surface area contributed by atoms with Crippen molar-refractivity contribution in [3.8, 4) is 0 Å². The number of aliphatic hydroxyl groups is 1. The number of ether oxygens (including phenoxy) is 2. The first-order chi connectivity index (χ1) is 7.53. The summed E-state index contributed by atoms with van der Waals surface area (Å²) < 4.78 is 10.5. The Morgan fingerprint density at radius 2 is 2.44 bits per heavy atom. The topological polar surface area (TPSA) is 59.0 Å². The molecule has 1 N–H and O–H groups in total. The third-order valence-corrected chi connectivity index (χ3v) is 2.56. The highest BCUT2D eigenvalue weighted by Gasteiger charge is 2.44. The summed E-state index contributed by atoms with van der Waals surface area (Å²) in [6, 6.07) is -0.127. The van der Waals surface area contributed by atoms with Gasteiger partial charge in [0.1, 0.15) is 12.3 Å². The molecule has 0 bridgehead atoms. The van der Waals surface area contributed by atoms with Gasteiger partial charge in [0.25, 0.3) is 0 Å². The van der Waals surface area contributed by atoms with Crippen LogP contribution >= 0.6 is 0 Å². The number of hydrogen-bond acceptors (Lipinski definition) is 4. The van der Waals surface area contributed by atoms with Gasteiger partial charge in [-0.05, 0) is 20.3 Å². The quantitative estimate of drug-likeness (QED) is 0.734. The van der Waals surface area contributed by atoms with Gasteiger partial charge in [0.15, 0.2) is 0 Å². The lowest BCUT2D eigenvalue weighted by molar-refractivity contribution is -0.0471. The summed E-state index contributed by atoms with van der Waals surface area (Å²) in [5.74, 6) is 0. The number of hydrogen-bond donors (Lipinski definition) is 1. The number of carbonyl (C=O) groups is 1. The molecule has 0 aliphatic carbocycles. The summed E-state index contributed by atoms with van der Waals surface area (Å²) in [5, 5.41) is 8.92. The number of amides is 1. The van der Waals surface area contributed by atoms with Crippen LogP contribution in [0.1, 0.15) is 20.3 Å². The first kappa shape index (κ1) is 13.0. The minimum Gasteiger partial charge on any atom is -0.445 e. The minimum absolute atomic E-state index is 0.0232. The Morgan fingerprint density at radius 3 is 3.00 bits per heavy atom. The largest absolute Gasteiger partial charge is 0.445 e. The summed E-state index contributed by atoms with van der Waals surface area (Å²) in [6.07, 6.45) is 1.58. The molecule has 0 saturated carbocycles. The van der Waals surface area contributed by atoms with Crippen molar-refractivity contribution in [2.75, 3.05) is 19.8 Å². The van der Waals surface area contributed by atoms with E-state index in [0.717, 1.165) is 0 Å². The lowest BCUT2D eigenvalue weighted by Gasteiger charge is -2.32. The molecular weight excluding hydrogens is 210 g/mol. The third-order valence-electron chi connectivity index (χ3n) is 2.56. The van der Waals surface area contributed by atoms with Gasteiger partial charge < -0.3 is 14.6 Å². The molecule has 0 aromatic rings. The van der Waals surface area contributed by atoms with Crippen molar-refractivity contribution in [3.05, 3.63) is 12.7 Å². The zero-order valence-electron chi connectivity index (χ0n) is 9.81. The fourth-order valence-electron chi connectivity index (χ4n) is 1.81. The smallest absolute Gasteiger partial charge is 0.412 e. The molecule has 1 fully saturated rings. The molecule has 92 valence electrons. The molecular formula is C11H19NO4. The predicted molar refractivity (Wildman–Crippen MR) is 58.9 cm³/mol. The lowest BCUT2D eigenvalue weighted by Crippen LogP contribution is -2.48. The van der Waals surface area contributed by atoms with Gasteiger partial charge in [-0.15, -0.1) is 0 Å². The van der Waals surface area contributed by atoms with Gasteiger partial charge in [-0.1, -0.05) is 12.7 Å². The Bertz CT molecular complexity index is 265. The van der Waals surface area contributed by atoms with E-state index in [-0.39, 0.29) is 19.3 Å². The maximum Gasteiger partial charge on any atom is 0.412 e. The minimum atomic E-state index is -0.682. The van der Waals surface area contributed by atoms with Crippen LogP contribution in [-0.2, 0) is 9.47 Å². The predicted octanol–water partition coefficient (Wildman–Crippen LogP) is 1.13. The maximum atomic E-state index is 11.8. The number of carbonyl (C=O) groups excluding carboxylic acids is 1. The Balaban J connectivity index is 2.69. The molecule has 0 aromatic carbocycles. The van der Waals surface area contributed by atoms with Gasteiger partial charge in [0.05, 0.1) is 12.6 Å². The molecule has 1 heterocycles. The Morgan fingerprint density at radius 1 is 1.75 bits per heavy atom. The summed E-state index contributed by atoms with van der Waals surface area (Å²) in [5.41, 5.74) is -0.682. The van der Waals surface area contributed by atoms with E-state index < -0.39 is 11.8 Å². The Labute approximate surface area is 95.6 Å². The van der Waals surface area contributed by atoms with Crippen LogP contribution in [-0.4, -0.2) is 47.7 Å². The highest BCUT2D eigenvalue weighted by molar-refractivity contribution is 5.69. The van der Waals surface area contributed by atoms with Crippen molar-refractivity contribution in [1.29, 1.82) is 0 Å². The Kier molecular flexibility index (Phi) is 4.32. The van der Waals surface area contributed by atoms with E-state index in [2.05, 4.69) is 6.58 Å². The average molecular weight is 229 g/mol. The molecule has 5 nitrogen and oxygen atoms in total. The van der Waals surface area contributed by atoms with Gasteiger partial charge in [-0.2, -0.15) is 0 Å². The zero-order valence-corrected chi connectivity index (χ0v) is 9.81. The van der Waals surface area contributed by atoms with Crippen LogP contribution in [0.25, 0.3) is 0 Å². The monoisotopic (exact) mass is 229 g/mol. The van der Waals surface area contributed by atoms with Crippen molar-refractivity contribution in [1.82, 2.24) is 4.90 Å².